The molecule has 0 aromatic carbocycles. The SMILES string of the molecule is COCCn1ncc(Cl)c1C(NN)C1(OC)CCOCC1. The first-order chi connectivity index (χ1) is 10.2. The third-order valence-corrected chi connectivity index (χ3v) is 4.34. The number of hydrogen-bond acceptors (Lipinski definition) is 6. The third kappa shape index (κ3) is 3.39. The maximum atomic E-state index is 6.33. The zero-order valence-corrected chi connectivity index (χ0v) is 13.2. The van der Waals surface area contributed by atoms with Crippen molar-refractivity contribution in [3.05, 3.63) is 16.9 Å². The van der Waals surface area contributed by atoms with Crippen LogP contribution in [0.25, 0.3) is 0 Å². The number of aromatic nitrogens is 2. The monoisotopic (exact) mass is 318 g/mol. The molecule has 1 fully saturated rings. The summed E-state index contributed by atoms with van der Waals surface area (Å²) in [5.74, 6) is 5.82. The Morgan fingerprint density at radius 1 is 1.52 bits per heavy atom. The first kappa shape index (κ1) is 16.7. The Bertz CT molecular complexity index is 449. The third-order valence-electron chi connectivity index (χ3n) is 4.05. The molecule has 1 aliphatic heterocycles. The lowest BCUT2D eigenvalue weighted by Gasteiger charge is -2.42. The lowest BCUT2D eigenvalue weighted by atomic mass is 9.84. The number of hydrazine groups is 1. The van der Waals surface area contributed by atoms with E-state index < -0.39 is 5.60 Å². The van der Waals surface area contributed by atoms with Gasteiger partial charge in [-0.05, 0) is 0 Å². The Labute approximate surface area is 129 Å². The van der Waals surface area contributed by atoms with Crippen LogP contribution in [0.4, 0.5) is 0 Å². The van der Waals surface area contributed by atoms with Gasteiger partial charge in [-0.15, -0.1) is 0 Å². The van der Waals surface area contributed by atoms with E-state index in [-0.39, 0.29) is 6.04 Å². The van der Waals surface area contributed by atoms with Gasteiger partial charge in [0.05, 0.1) is 41.7 Å². The zero-order valence-electron chi connectivity index (χ0n) is 12.5. The molecular weight excluding hydrogens is 296 g/mol. The second-order valence-corrected chi connectivity index (χ2v) is 5.48. The van der Waals surface area contributed by atoms with Crippen molar-refractivity contribution >= 4 is 11.6 Å². The van der Waals surface area contributed by atoms with Crippen molar-refractivity contribution in [1.29, 1.82) is 0 Å². The van der Waals surface area contributed by atoms with Gasteiger partial charge in [0.25, 0.3) is 0 Å². The highest BCUT2D eigenvalue weighted by Crippen LogP contribution is 2.39. The molecule has 1 saturated heterocycles. The number of hydrogen-bond donors (Lipinski definition) is 2. The van der Waals surface area contributed by atoms with Crippen LogP contribution in [-0.2, 0) is 20.8 Å². The standard InChI is InChI=1S/C13H23ClN4O3/c1-19-8-5-18-11(10(14)9-16-18)12(17-15)13(20-2)3-6-21-7-4-13/h9,12,17H,3-8,15H2,1-2H3. The highest BCUT2D eigenvalue weighted by molar-refractivity contribution is 6.31. The first-order valence-corrected chi connectivity index (χ1v) is 7.35. The summed E-state index contributed by atoms with van der Waals surface area (Å²) in [6, 6.07) is -0.266. The van der Waals surface area contributed by atoms with E-state index in [9.17, 15) is 0 Å². The van der Waals surface area contributed by atoms with Gasteiger partial charge in [-0.1, -0.05) is 11.6 Å². The van der Waals surface area contributed by atoms with E-state index >= 15 is 0 Å². The van der Waals surface area contributed by atoms with Crippen LogP contribution in [0.2, 0.25) is 5.02 Å². The molecular formula is C13H23ClN4O3. The van der Waals surface area contributed by atoms with Gasteiger partial charge in [-0.2, -0.15) is 5.10 Å². The number of halogens is 1. The molecule has 3 N–H and O–H groups in total. The minimum absolute atomic E-state index is 0.266. The van der Waals surface area contributed by atoms with Gasteiger partial charge in [-0.3, -0.25) is 10.5 Å². The summed E-state index contributed by atoms with van der Waals surface area (Å²) < 4.78 is 18.2. The topological polar surface area (TPSA) is 83.6 Å². The van der Waals surface area contributed by atoms with E-state index in [1.165, 1.54) is 0 Å². The van der Waals surface area contributed by atoms with Crippen molar-refractivity contribution in [2.75, 3.05) is 34.0 Å². The van der Waals surface area contributed by atoms with Crippen molar-refractivity contribution in [1.82, 2.24) is 15.2 Å². The van der Waals surface area contributed by atoms with Crippen LogP contribution < -0.4 is 11.3 Å². The van der Waals surface area contributed by atoms with Crippen molar-refractivity contribution in [3.8, 4) is 0 Å². The predicted octanol–water partition coefficient (Wildman–Crippen LogP) is 0.883. The summed E-state index contributed by atoms with van der Waals surface area (Å²) in [6.45, 7) is 2.42. The van der Waals surface area contributed by atoms with Crippen LogP contribution in [-0.4, -0.2) is 49.4 Å². The molecule has 0 bridgehead atoms. The molecule has 120 valence electrons. The normalized spacial score (nSPS) is 19.6. The Balaban J connectivity index is 2.33. The van der Waals surface area contributed by atoms with Crippen LogP contribution in [0.5, 0.6) is 0 Å². The molecule has 1 aromatic heterocycles. The van der Waals surface area contributed by atoms with Crippen molar-refractivity contribution in [2.45, 2.75) is 31.0 Å². The van der Waals surface area contributed by atoms with Crippen molar-refractivity contribution in [2.24, 2.45) is 5.84 Å². The fourth-order valence-corrected chi connectivity index (χ4v) is 3.07. The largest absolute Gasteiger partial charge is 0.383 e. The molecule has 1 unspecified atom stereocenters. The average Bonchev–Trinajstić information content (AvgIpc) is 2.88. The highest BCUT2D eigenvalue weighted by atomic mass is 35.5. The van der Waals surface area contributed by atoms with E-state index in [1.807, 2.05) is 4.68 Å². The fourth-order valence-electron chi connectivity index (χ4n) is 2.82. The molecule has 0 spiro atoms. The number of ether oxygens (including phenoxy) is 3. The van der Waals surface area contributed by atoms with Gasteiger partial charge < -0.3 is 14.2 Å². The van der Waals surface area contributed by atoms with E-state index in [4.69, 9.17) is 31.7 Å². The molecule has 1 aromatic rings. The number of methoxy groups -OCH3 is 2. The lowest BCUT2D eigenvalue weighted by molar-refractivity contribution is -0.113. The summed E-state index contributed by atoms with van der Waals surface area (Å²) >= 11 is 6.33. The average molecular weight is 319 g/mol. The Hall–Kier alpha value is -0.700. The molecule has 1 atom stereocenters. The molecule has 0 aliphatic carbocycles. The summed E-state index contributed by atoms with van der Waals surface area (Å²) in [7, 11) is 3.35. The van der Waals surface area contributed by atoms with E-state index in [2.05, 4.69) is 10.5 Å². The second kappa shape index (κ2) is 7.53. The molecule has 8 heteroatoms. The quantitative estimate of drug-likeness (QED) is 0.573. The number of nitrogens with two attached hydrogens (primary N) is 1. The molecule has 2 heterocycles. The molecule has 21 heavy (non-hydrogen) atoms. The smallest absolute Gasteiger partial charge is 0.0944 e. The summed E-state index contributed by atoms with van der Waals surface area (Å²) in [4.78, 5) is 0. The Morgan fingerprint density at radius 2 is 2.24 bits per heavy atom. The number of nitrogens with one attached hydrogen (secondary N) is 1. The van der Waals surface area contributed by atoms with Crippen LogP contribution in [0.3, 0.4) is 0 Å². The molecule has 1 aliphatic rings. The molecule has 7 nitrogen and oxygen atoms in total. The van der Waals surface area contributed by atoms with Crippen LogP contribution in [0, 0.1) is 0 Å². The van der Waals surface area contributed by atoms with Crippen molar-refractivity contribution < 1.29 is 14.2 Å². The zero-order chi connectivity index (χ0) is 15.3. The fraction of sp³-hybridized carbons (Fsp3) is 0.769. The maximum absolute atomic E-state index is 6.33. The Kier molecular flexibility index (Phi) is 5.98. The summed E-state index contributed by atoms with van der Waals surface area (Å²) in [6.07, 6.45) is 3.11. The van der Waals surface area contributed by atoms with E-state index in [0.29, 0.717) is 31.4 Å². The van der Waals surface area contributed by atoms with Crippen LogP contribution >= 0.6 is 11.6 Å². The van der Waals surface area contributed by atoms with Crippen molar-refractivity contribution in [3.63, 3.8) is 0 Å². The van der Waals surface area contributed by atoms with E-state index in [0.717, 1.165) is 18.5 Å². The molecule has 0 amide bonds. The van der Waals surface area contributed by atoms with Gasteiger partial charge in [0.15, 0.2) is 0 Å². The lowest BCUT2D eigenvalue weighted by Crippen LogP contribution is -2.52. The predicted molar refractivity (Wildman–Crippen MR) is 79.0 cm³/mol. The van der Waals surface area contributed by atoms with E-state index in [1.54, 1.807) is 20.4 Å². The number of rotatable bonds is 7. The van der Waals surface area contributed by atoms with Crippen LogP contribution in [0.15, 0.2) is 6.20 Å². The minimum atomic E-state index is -0.457. The molecule has 0 saturated carbocycles. The molecule has 2 rings (SSSR count). The van der Waals surface area contributed by atoms with Gasteiger partial charge in [0.2, 0.25) is 0 Å². The van der Waals surface area contributed by atoms with Crippen LogP contribution in [0.1, 0.15) is 24.6 Å². The second-order valence-electron chi connectivity index (χ2n) is 5.07. The summed E-state index contributed by atoms with van der Waals surface area (Å²) in [5.41, 5.74) is 3.22. The first-order valence-electron chi connectivity index (χ1n) is 6.97. The number of nitrogens with zero attached hydrogens (tertiary/aromatic N) is 2. The highest BCUT2D eigenvalue weighted by Gasteiger charge is 2.43. The van der Waals surface area contributed by atoms with Gasteiger partial charge >= 0.3 is 0 Å². The minimum Gasteiger partial charge on any atom is -0.383 e. The Morgan fingerprint density at radius 3 is 2.81 bits per heavy atom. The van der Waals surface area contributed by atoms with Gasteiger partial charge in [0, 0.05) is 40.3 Å². The maximum Gasteiger partial charge on any atom is 0.0944 e. The summed E-state index contributed by atoms with van der Waals surface area (Å²) in [5, 5.41) is 4.87. The molecule has 0 radical (unpaired) electrons. The van der Waals surface area contributed by atoms with Gasteiger partial charge in [0.1, 0.15) is 0 Å². The van der Waals surface area contributed by atoms with Gasteiger partial charge in [-0.25, -0.2) is 5.43 Å².